The fraction of sp³-hybridized carbons (Fsp3) is 0.727. The summed E-state index contributed by atoms with van der Waals surface area (Å²) in [5.74, 6) is 1.65. The van der Waals surface area contributed by atoms with Gasteiger partial charge in [0, 0.05) is 39.0 Å². The van der Waals surface area contributed by atoms with Crippen molar-refractivity contribution in [1.82, 2.24) is 14.9 Å². The van der Waals surface area contributed by atoms with Crippen molar-refractivity contribution in [3.8, 4) is 0 Å². The van der Waals surface area contributed by atoms with Gasteiger partial charge < -0.3 is 15.0 Å². The van der Waals surface area contributed by atoms with Crippen LogP contribution in [0.4, 0.5) is 0 Å². The second kappa shape index (κ2) is 4.77. The molecule has 84 valence electrons. The molecule has 0 saturated heterocycles. The molecule has 2 rings (SSSR count). The molecule has 0 amide bonds. The van der Waals surface area contributed by atoms with Crippen LogP contribution in [0.3, 0.4) is 0 Å². The van der Waals surface area contributed by atoms with Crippen LogP contribution in [0, 0.1) is 5.92 Å². The number of hydrogen-bond acceptors (Lipinski definition) is 3. The molecule has 1 fully saturated rings. The zero-order chi connectivity index (χ0) is 10.7. The van der Waals surface area contributed by atoms with Crippen molar-refractivity contribution in [3.63, 3.8) is 0 Å². The van der Waals surface area contributed by atoms with Crippen LogP contribution in [0.25, 0.3) is 0 Å². The van der Waals surface area contributed by atoms with Crippen LogP contribution in [0.1, 0.15) is 18.7 Å². The van der Waals surface area contributed by atoms with Gasteiger partial charge in [-0.3, -0.25) is 0 Å². The number of aliphatic hydroxyl groups is 1. The van der Waals surface area contributed by atoms with E-state index in [1.807, 2.05) is 24.0 Å². The predicted octanol–water partition coefficient (Wildman–Crippen LogP) is 0.323. The molecule has 1 atom stereocenters. The summed E-state index contributed by atoms with van der Waals surface area (Å²) in [7, 11) is 2.00. The van der Waals surface area contributed by atoms with Crippen molar-refractivity contribution in [3.05, 3.63) is 18.2 Å². The molecule has 1 saturated carbocycles. The zero-order valence-corrected chi connectivity index (χ0v) is 9.19. The normalized spacial score (nSPS) is 18.0. The van der Waals surface area contributed by atoms with Crippen molar-refractivity contribution in [2.45, 2.75) is 25.4 Å². The highest BCUT2D eigenvalue weighted by atomic mass is 16.3. The minimum atomic E-state index is -0.147. The van der Waals surface area contributed by atoms with Crippen molar-refractivity contribution < 1.29 is 5.11 Å². The molecule has 1 heterocycles. The van der Waals surface area contributed by atoms with Gasteiger partial charge in [-0.2, -0.15) is 0 Å². The molecular formula is C11H19N3O. The van der Waals surface area contributed by atoms with E-state index in [1.165, 1.54) is 12.8 Å². The number of aryl methyl sites for hydroxylation is 1. The van der Waals surface area contributed by atoms with E-state index in [9.17, 15) is 5.11 Å². The van der Waals surface area contributed by atoms with Gasteiger partial charge in [-0.1, -0.05) is 0 Å². The fourth-order valence-corrected chi connectivity index (χ4v) is 1.74. The van der Waals surface area contributed by atoms with Gasteiger partial charge in [0.1, 0.15) is 5.82 Å². The van der Waals surface area contributed by atoms with Crippen LogP contribution in [0.2, 0.25) is 0 Å². The first kappa shape index (κ1) is 10.6. The van der Waals surface area contributed by atoms with Gasteiger partial charge >= 0.3 is 0 Å². The third kappa shape index (κ3) is 3.04. The Bertz CT molecular complexity index is 307. The topological polar surface area (TPSA) is 50.1 Å². The minimum absolute atomic E-state index is 0.147. The highest BCUT2D eigenvalue weighted by Crippen LogP contribution is 2.32. The maximum atomic E-state index is 9.62. The molecule has 2 N–H and O–H groups in total. The lowest BCUT2D eigenvalue weighted by Gasteiger charge is -2.10. The maximum absolute atomic E-state index is 9.62. The smallest absolute Gasteiger partial charge is 0.109 e. The SMILES string of the molecule is Cn1ccnc1CCNCC(O)C1CC1. The van der Waals surface area contributed by atoms with Crippen molar-refractivity contribution >= 4 is 0 Å². The molecule has 0 aliphatic heterocycles. The highest BCUT2D eigenvalue weighted by molar-refractivity contribution is 4.91. The Morgan fingerprint density at radius 3 is 3.07 bits per heavy atom. The molecule has 1 aliphatic rings. The molecule has 1 aromatic rings. The molecule has 15 heavy (non-hydrogen) atoms. The second-order valence-electron chi connectivity index (χ2n) is 4.31. The summed E-state index contributed by atoms with van der Waals surface area (Å²) in [6.45, 7) is 1.60. The number of imidazole rings is 1. The van der Waals surface area contributed by atoms with E-state index >= 15 is 0 Å². The van der Waals surface area contributed by atoms with Crippen LogP contribution < -0.4 is 5.32 Å². The number of hydrogen-bond donors (Lipinski definition) is 2. The summed E-state index contributed by atoms with van der Waals surface area (Å²) in [5, 5.41) is 12.9. The lowest BCUT2D eigenvalue weighted by atomic mass is 10.2. The van der Waals surface area contributed by atoms with Gasteiger partial charge in [-0.05, 0) is 18.8 Å². The summed E-state index contributed by atoms with van der Waals surface area (Å²) in [6, 6.07) is 0. The summed E-state index contributed by atoms with van der Waals surface area (Å²) >= 11 is 0. The predicted molar refractivity (Wildman–Crippen MR) is 58.5 cm³/mol. The summed E-state index contributed by atoms with van der Waals surface area (Å²) in [6.07, 6.45) is 6.93. The third-order valence-corrected chi connectivity index (χ3v) is 2.97. The zero-order valence-electron chi connectivity index (χ0n) is 9.19. The largest absolute Gasteiger partial charge is 0.392 e. The molecule has 4 heteroatoms. The van der Waals surface area contributed by atoms with Crippen LogP contribution in [-0.2, 0) is 13.5 Å². The lowest BCUT2D eigenvalue weighted by molar-refractivity contribution is 0.149. The molecule has 1 aromatic heterocycles. The average molecular weight is 209 g/mol. The van der Waals surface area contributed by atoms with Crippen molar-refractivity contribution in [2.75, 3.05) is 13.1 Å². The summed E-state index contributed by atoms with van der Waals surface area (Å²) in [4.78, 5) is 4.24. The molecular weight excluding hydrogens is 190 g/mol. The Hall–Kier alpha value is -0.870. The highest BCUT2D eigenvalue weighted by Gasteiger charge is 2.28. The van der Waals surface area contributed by atoms with Crippen LogP contribution >= 0.6 is 0 Å². The summed E-state index contributed by atoms with van der Waals surface area (Å²) < 4.78 is 2.03. The van der Waals surface area contributed by atoms with Gasteiger partial charge in [0.05, 0.1) is 6.10 Å². The Morgan fingerprint density at radius 1 is 1.67 bits per heavy atom. The van der Waals surface area contributed by atoms with Crippen molar-refractivity contribution in [1.29, 1.82) is 0 Å². The van der Waals surface area contributed by atoms with E-state index in [1.54, 1.807) is 0 Å². The molecule has 4 nitrogen and oxygen atoms in total. The number of nitrogens with one attached hydrogen (secondary N) is 1. The van der Waals surface area contributed by atoms with Gasteiger partial charge in [0.15, 0.2) is 0 Å². The van der Waals surface area contributed by atoms with Gasteiger partial charge in [0.2, 0.25) is 0 Å². The fourth-order valence-electron chi connectivity index (χ4n) is 1.74. The molecule has 0 aromatic carbocycles. The summed E-state index contributed by atoms with van der Waals surface area (Å²) in [5.41, 5.74) is 0. The lowest BCUT2D eigenvalue weighted by Crippen LogP contribution is -2.30. The monoisotopic (exact) mass is 209 g/mol. The van der Waals surface area contributed by atoms with Crippen LogP contribution in [0.15, 0.2) is 12.4 Å². The first-order valence-corrected chi connectivity index (χ1v) is 5.62. The van der Waals surface area contributed by atoms with Crippen LogP contribution in [-0.4, -0.2) is 33.9 Å². The number of rotatable bonds is 6. The Labute approximate surface area is 90.3 Å². The minimum Gasteiger partial charge on any atom is -0.392 e. The van der Waals surface area contributed by atoms with Crippen LogP contribution in [0.5, 0.6) is 0 Å². The second-order valence-corrected chi connectivity index (χ2v) is 4.31. The number of nitrogens with zero attached hydrogens (tertiary/aromatic N) is 2. The molecule has 0 radical (unpaired) electrons. The van der Waals surface area contributed by atoms with Gasteiger partial charge in [0.25, 0.3) is 0 Å². The molecule has 0 bridgehead atoms. The number of aromatic nitrogens is 2. The first-order chi connectivity index (χ1) is 7.27. The van der Waals surface area contributed by atoms with Gasteiger partial charge in [-0.15, -0.1) is 0 Å². The molecule has 1 unspecified atom stereocenters. The molecule has 0 spiro atoms. The van der Waals surface area contributed by atoms with E-state index < -0.39 is 0 Å². The van der Waals surface area contributed by atoms with E-state index in [-0.39, 0.29) is 6.10 Å². The Kier molecular flexibility index (Phi) is 3.38. The quantitative estimate of drug-likeness (QED) is 0.664. The van der Waals surface area contributed by atoms with E-state index in [0.29, 0.717) is 5.92 Å². The standard InChI is InChI=1S/C11H19N3O/c1-14-7-6-13-11(14)4-5-12-8-10(15)9-2-3-9/h6-7,9-10,12,15H,2-5,8H2,1H3. The van der Waals surface area contributed by atoms with Crippen molar-refractivity contribution in [2.24, 2.45) is 13.0 Å². The van der Waals surface area contributed by atoms with Gasteiger partial charge in [-0.25, -0.2) is 4.98 Å². The molecule has 1 aliphatic carbocycles. The van der Waals surface area contributed by atoms with E-state index in [0.717, 1.165) is 25.3 Å². The first-order valence-electron chi connectivity index (χ1n) is 5.62. The Morgan fingerprint density at radius 2 is 2.47 bits per heavy atom. The Balaban J connectivity index is 1.60. The average Bonchev–Trinajstić information content (AvgIpc) is 2.99. The number of aliphatic hydroxyl groups excluding tert-OH is 1. The van der Waals surface area contributed by atoms with E-state index in [2.05, 4.69) is 10.3 Å². The maximum Gasteiger partial charge on any atom is 0.109 e. The van der Waals surface area contributed by atoms with E-state index in [4.69, 9.17) is 0 Å². The third-order valence-electron chi connectivity index (χ3n) is 2.97.